The average molecular weight is 860 g/mol. The number of phosphoric ester groups is 2. The SMILES string of the molecule is COC1C(COP(=O)([O-])OP(=O)([O-])OP(=O)([O-])OCC2OC(n3cnc4c(=O)[nH]c(N)nc43)C(O)C2O)OC([n+]2cn(C)c3c(=O)[nH]c(N)nc32)C1O.[Na+].[Na+]. The van der Waals surface area contributed by atoms with Gasteiger partial charge in [0, 0.05) is 7.11 Å². The number of nitrogens with zero attached hydrogens (tertiary/aromatic N) is 6. The number of aliphatic hydroxyl groups excluding tert-OH is 3. The number of nitrogens with two attached hydrogens (primary N) is 2. The fourth-order valence-electron chi connectivity index (χ4n) is 5.69. The molecule has 292 valence electrons. The fraction of sp³-hybridized carbons (Fsp3) is 0.545. The van der Waals surface area contributed by atoms with Gasteiger partial charge < -0.3 is 64.7 Å². The van der Waals surface area contributed by atoms with Gasteiger partial charge in [0.2, 0.25) is 17.7 Å². The van der Waals surface area contributed by atoms with Crippen LogP contribution >= 0.6 is 23.5 Å². The van der Waals surface area contributed by atoms with E-state index in [0.29, 0.717) is 0 Å². The van der Waals surface area contributed by atoms with E-state index in [2.05, 4.69) is 42.6 Å². The van der Waals surface area contributed by atoms with Crippen molar-refractivity contribution in [3.63, 3.8) is 0 Å². The van der Waals surface area contributed by atoms with Gasteiger partial charge in [-0.15, -0.1) is 0 Å². The second-order valence-electron chi connectivity index (χ2n) is 11.4. The molecule has 2 fully saturated rings. The van der Waals surface area contributed by atoms with Gasteiger partial charge in [-0.2, -0.15) is 4.98 Å². The molecule has 0 radical (unpaired) electrons. The third-order valence-electron chi connectivity index (χ3n) is 7.90. The molecule has 28 nitrogen and oxygen atoms in total. The normalized spacial score (nSPS) is 28.7. The summed E-state index contributed by atoms with van der Waals surface area (Å²) in [7, 11) is -15.7. The number of phosphoric acid groups is 3. The largest absolute Gasteiger partial charge is 1.00 e. The summed E-state index contributed by atoms with van der Waals surface area (Å²) in [6.07, 6.45) is -10.2. The van der Waals surface area contributed by atoms with Crippen molar-refractivity contribution >= 4 is 57.7 Å². The van der Waals surface area contributed by atoms with E-state index in [1.54, 1.807) is 0 Å². The van der Waals surface area contributed by atoms with Crippen LogP contribution in [0.5, 0.6) is 0 Å². The topological polar surface area (TPSA) is 416 Å². The summed E-state index contributed by atoms with van der Waals surface area (Å²) in [6, 6.07) is 0. The van der Waals surface area contributed by atoms with Crippen LogP contribution in [-0.4, -0.2) is 106 Å². The summed E-state index contributed by atoms with van der Waals surface area (Å²) >= 11 is 0. The van der Waals surface area contributed by atoms with E-state index in [-0.39, 0.29) is 93.3 Å². The Morgan fingerprint density at radius 3 is 2.09 bits per heavy atom. The van der Waals surface area contributed by atoms with Crippen molar-refractivity contribution in [2.45, 2.75) is 49.1 Å². The van der Waals surface area contributed by atoms with Crippen molar-refractivity contribution in [2.24, 2.45) is 7.05 Å². The van der Waals surface area contributed by atoms with Crippen molar-refractivity contribution in [1.29, 1.82) is 0 Å². The monoisotopic (exact) mass is 860 g/mol. The molecule has 33 heteroatoms. The Kier molecular flexibility index (Phi) is 14.6. The molecule has 0 saturated carbocycles. The summed E-state index contributed by atoms with van der Waals surface area (Å²) in [5.41, 5.74) is 9.43. The van der Waals surface area contributed by atoms with E-state index in [9.17, 15) is 53.3 Å². The Hall–Kier alpha value is -1.53. The first-order chi connectivity index (χ1) is 24.7. The number of fused-ring (bicyclic) bond motifs is 2. The second-order valence-corrected chi connectivity index (χ2v) is 15.9. The van der Waals surface area contributed by atoms with Crippen LogP contribution in [0.4, 0.5) is 11.9 Å². The van der Waals surface area contributed by atoms with Crippen LogP contribution in [0.15, 0.2) is 22.2 Å². The number of nitrogens with one attached hydrogen (secondary N) is 2. The molecule has 2 aliphatic rings. The van der Waals surface area contributed by atoms with E-state index in [1.807, 2.05) is 0 Å². The number of aromatic amines is 2. The third kappa shape index (κ3) is 9.69. The molecule has 6 rings (SSSR count). The molecule has 0 aliphatic carbocycles. The molecule has 11 atom stereocenters. The molecular formula is C22H29N10Na2O18P3. The number of aliphatic hydroxyl groups is 3. The summed E-state index contributed by atoms with van der Waals surface area (Å²) in [6.45, 7) is -2.24. The van der Waals surface area contributed by atoms with Gasteiger partial charge >= 0.3 is 64.8 Å². The van der Waals surface area contributed by atoms with E-state index >= 15 is 0 Å². The minimum absolute atomic E-state index is 0. The Morgan fingerprint density at radius 1 is 0.891 bits per heavy atom. The zero-order valence-corrected chi connectivity index (χ0v) is 35.5. The van der Waals surface area contributed by atoms with Crippen LogP contribution in [0.3, 0.4) is 0 Å². The molecule has 2 aliphatic heterocycles. The molecule has 0 aromatic carbocycles. The van der Waals surface area contributed by atoms with Crippen LogP contribution in [0.1, 0.15) is 12.5 Å². The molecule has 0 bridgehead atoms. The number of imidazole rings is 2. The molecule has 4 aromatic rings. The third-order valence-corrected chi connectivity index (χ3v) is 12.0. The number of hydrogen-bond acceptors (Lipinski definition) is 23. The second kappa shape index (κ2) is 17.4. The summed E-state index contributed by atoms with van der Waals surface area (Å²) in [5, 5.41) is 31.8. The van der Waals surface area contributed by atoms with Gasteiger partial charge in [-0.1, -0.05) is 4.98 Å². The maximum atomic E-state index is 12.4. The first-order valence-corrected chi connectivity index (χ1v) is 19.1. The Labute approximate surface area is 350 Å². The first kappa shape index (κ1) is 46.2. The van der Waals surface area contributed by atoms with Gasteiger partial charge in [0.05, 0.1) is 26.6 Å². The van der Waals surface area contributed by atoms with Gasteiger partial charge in [-0.05, 0) is 0 Å². The molecule has 0 amide bonds. The van der Waals surface area contributed by atoms with Crippen LogP contribution in [0.25, 0.3) is 22.3 Å². The summed E-state index contributed by atoms with van der Waals surface area (Å²) in [4.78, 5) is 77.8. The molecule has 0 spiro atoms. The van der Waals surface area contributed by atoms with E-state index in [0.717, 1.165) is 18.0 Å². The van der Waals surface area contributed by atoms with E-state index in [4.69, 9.17) is 25.7 Å². The Morgan fingerprint density at radius 2 is 1.47 bits per heavy atom. The zero-order chi connectivity index (χ0) is 38.8. The quantitative estimate of drug-likeness (QED) is 0.0373. The number of methoxy groups -OCH3 is 1. The van der Waals surface area contributed by atoms with Gasteiger partial charge in [0.1, 0.15) is 36.6 Å². The standard InChI is InChI=1S/C22H31N10O18P3.2Na/c1-30-6-32(16-10(30)18(37)29-22(24)27-16)20-13(35)14(44-2)8(48-20)4-46-52(40,41)50-53(42,43)49-51(38,39)45-3-7-11(33)12(34)19(47-7)31-5-25-9-15(31)26-21(23)28-17(9)36;;/h5-8,11-14,19-20,33-35H,3-4H2,1-2H3,(H8-,23,24,26,27,28,29,36,37,38,39,40,41,42,43);;/q;2*+1/p-2. The van der Waals surface area contributed by atoms with Gasteiger partial charge in [0.25, 0.3) is 40.5 Å². The number of hydrogen-bond donors (Lipinski definition) is 7. The predicted molar refractivity (Wildman–Crippen MR) is 162 cm³/mol. The van der Waals surface area contributed by atoms with Crippen molar-refractivity contribution in [3.8, 4) is 0 Å². The van der Waals surface area contributed by atoms with Crippen molar-refractivity contribution in [3.05, 3.63) is 33.4 Å². The van der Waals surface area contributed by atoms with Crippen molar-refractivity contribution in [1.82, 2.24) is 34.1 Å². The minimum atomic E-state index is -6.35. The number of ether oxygens (including phenoxy) is 3. The molecule has 4 aromatic heterocycles. The van der Waals surface area contributed by atoms with Crippen LogP contribution in [-0.2, 0) is 52.6 Å². The Bertz CT molecular complexity index is 2310. The number of aryl methyl sites for hydroxylation is 1. The molecule has 2 saturated heterocycles. The van der Waals surface area contributed by atoms with Crippen molar-refractivity contribution in [2.75, 3.05) is 31.8 Å². The Balaban J connectivity index is 0.00000336. The molecule has 6 heterocycles. The summed E-state index contributed by atoms with van der Waals surface area (Å²) < 4.78 is 73.7. The molecular weight excluding hydrogens is 831 g/mol. The van der Waals surface area contributed by atoms with Crippen molar-refractivity contribution < 1.29 is 139 Å². The minimum Gasteiger partial charge on any atom is -0.756 e. The van der Waals surface area contributed by atoms with E-state index in [1.165, 1.54) is 22.5 Å². The number of H-pyrrole nitrogens is 2. The number of rotatable bonds is 13. The number of nitrogen functional groups attached to an aromatic ring is 2. The summed E-state index contributed by atoms with van der Waals surface area (Å²) in [5.74, 6) is -0.586. The maximum Gasteiger partial charge on any atom is 1.00 e. The van der Waals surface area contributed by atoms with Crippen LogP contribution < -0.4 is 101 Å². The van der Waals surface area contributed by atoms with Gasteiger partial charge in [-0.3, -0.25) is 42.4 Å². The predicted octanol–water partition coefficient (Wildman–Crippen LogP) is -11.8. The fourth-order valence-corrected chi connectivity index (χ4v) is 9.08. The average Bonchev–Trinajstić information content (AvgIpc) is 3.76. The zero-order valence-electron chi connectivity index (χ0n) is 28.8. The van der Waals surface area contributed by atoms with Gasteiger partial charge in [-0.25, -0.2) is 18.2 Å². The molecule has 55 heavy (non-hydrogen) atoms. The van der Waals surface area contributed by atoms with Crippen LogP contribution in [0.2, 0.25) is 0 Å². The number of aromatic nitrogens is 8. The molecule has 9 N–H and O–H groups in total. The molecule has 11 unspecified atom stereocenters. The maximum absolute atomic E-state index is 12.4. The van der Waals surface area contributed by atoms with E-state index < -0.39 is 96.9 Å². The smallest absolute Gasteiger partial charge is 0.756 e. The van der Waals surface area contributed by atoms with Gasteiger partial charge in [0.15, 0.2) is 23.7 Å². The van der Waals surface area contributed by atoms with Crippen LogP contribution in [0, 0.1) is 0 Å². The first-order valence-electron chi connectivity index (χ1n) is 14.7. The number of anilines is 2.